The monoisotopic (exact) mass is 308 g/mol. The first-order valence-corrected chi connectivity index (χ1v) is 6.77. The Morgan fingerprint density at radius 2 is 2.18 bits per heavy atom. The minimum absolute atomic E-state index is 0.192. The number of hydrogen-bond donors (Lipinski definition) is 4. The summed E-state index contributed by atoms with van der Waals surface area (Å²) < 4.78 is 6.92. The first-order chi connectivity index (χ1) is 10.5. The van der Waals surface area contributed by atoms with Gasteiger partial charge in [-0.15, -0.1) is 0 Å². The molecule has 1 aliphatic heterocycles. The van der Waals surface area contributed by atoms with Crippen molar-refractivity contribution < 1.29 is 19.7 Å². The van der Waals surface area contributed by atoms with Crippen molar-refractivity contribution in [3.63, 3.8) is 0 Å². The number of rotatable bonds is 3. The molecule has 1 fully saturated rings. The van der Waals surface area contributed by atoms with Gasteiger partial charge in [-0.3, -0.25) is 9.36 Å². The standard InChI is InChI=1S/C12H16N6O4/c1-2-14-11(21)8-6(19)7(20)12(22-8)18-4-17-5-9(13)15-3-16-10(5)18/h3-4,6-8,12,19-20H,2H2,1H3,(H,14,21)(H2,13,15,16)/t6-,7?,8+,12-/m0/s1. The van der Waals surface area contributed by atoms with Gasteiger partial charge in [-0.2, -0.15) is 0 Å². The molecule has 10 nitrogen and oxygen atoms in total. The van der Waals surface area contributed by atoms with Gasteiger partial charge in [0.15, 0.2) is 23.8 Å². The van der Waals surface area contributed by atoms with Gasteiger partial charge in [-0.1, -0.05) is 0 Å². The van der Waals surface area contributed by atoms with Gasteiger partial charge >= 0.3 is 0 Å². The van der Waals surface area contributed by atoms with Crippen molar-refractivity contribution in [2.75, 3.05) is 12.3 Å². The van der Waals surface area contributed by atoms with Gasteiger partial charge in [0.05, 0.1) is 6.33 Å². The molecular weight excluding hydrogens is 292 g/mol. The fourth-order valence-corrected chi connectivity index (χ4v) is 2.44. The number of nitrogen functional groups attached to an aromatic ring is 1. The lowest BCUT2D eigenvalue weighted by atomic mass is 10.1. The molecule has 0 spiro atoms. The molecule has 3 rings (SSSR count). The number of amides is 1. The van der Waals surface area contributed by atoms with Crippen molar-refractivity contribution >= 4 is 22.9 Å². The van der Waals surface area contributed by atoms with Gasteiger partial charge in [0, 0.05) is 6.54 Å². The van der Waals surface area contributed by atoms with Crippen LogP contribution in [0.3, 0.4) is 0 Å². The summed E-state index contributed by atoms with van der Waals surface area (Å²) in [4.78, 5) is 23.8. The molecule has 5 N–H and O–H groups in total. The molecule has 1 aliphatic rings. The zero-order valence-electron chi connectivity index (χ0n) is 11.7. The van der Waals surface area contributed by atoms with E-state index >= 15 is 0 Å². The van der Waals surface area contributed by atoms with E-state index in [2.05, 4.69) is 20.3 Å². The predicted molar refractivity (Wildman–Crippen MR) is 74.3 cm³/mol. The highest BCUT2D eigenvalue weighted by atomic mass is 16.6. The topological polar surface area (TPSA) is 148 Å². The van der Waals surface area contributed by atoms with Crippen LogP contribution in [0, 0.1) is 0 Å². The van der Waals surface area contributed by atoms with E-state index in [9.17, 15) is 15.0 Å². The quantitative estimate of drug-likeness (QED) is 0.517. The van der Waals surface area contributed by atoms with Gasteiger partial charge in [0.2, 0.25) is 0 Å². The van der Waals surface area contributed by atoms with Crippen molar-refractivity contribution in [3.05, 3.63) is 12.7 Å². The molecule has 0 saturated carbocycles. The summed E-state index contributed by atoms with van der Waals surface area (Å²) in [6.07, 6.45) is -2.20. The number of carbonyl (C=O) groups excluding carboxylic acids is 1. The smallest absolute Gasteiger partial charge is 0.252 e. The maximum absolute atomic E-state index is 11.9. The largest absolute Gasteiger partial charge is 0.387 e. The molecule has 10 heteroatoms. The number of ether oxygens (including phenoxy) is 1. The fraction of sp³-hybridized carbons (Fsp3) is 0.500. The van der Waals surface area contributed by atoms with Gasteiger partial charge in [-0.05, 0) is 6.92 Å². The molecule has 1 saturated heterocycles. The third-order valence-electron chi connectivity index (χ3n) is 3.51. The maximum atomic E-state index is 11.9. The number of fused-ring (bicyclic) bond motifs is 1. The Bertz CT molecular complexity index is 704. The molecular formula is C12H16N6O4. The second kappa shape index (κ2) is 5.48. The number of hydrogen-bond acceptors (Lipinski definition) is 8. The van der Waals surface area contributed by atoms with E-state index in [0.717, 1.165) is 0 Å². The number of nitrogens with one attached hydrogen (secondary N) is 1. The lowest BCUT2D eigenvalue weighted by Crippen LogP contribution is -2.42. The highest BCUT2D eigenvalue weighted by Gasteiger charge is 2.47. The molecule has 0 radical (unpaired) electrons. The number of nitrogens with two attached hydrogens (primary N) is 1. The van der Waals surface area contributed by atoms with Crippen molar-refractivity contribution in [1.82, 2.24) is 24.8 Å². The summed E-state index contributed by atoms with van der Waals surface area (Å²) >= 11 is 0. The number of aliphatic hydroxyl groups is 2. The summed E-state index contributed by atoms with van der Waals surface area (Å²) in [5.41, 5.74) is 6.40. The van der Waals surface area contributed by atoms with Crippen molar-refractivity contribution in [2.24, 2.45) is 0 Å². The minimum Gasteiger partial charge on any atom is -0.387 e. The van der Waals surface area contributed by atoms with E-state index in [4.69, 9.17) is 10.5 Å². The average molecular weight is 308 g/mol. The third kappa shape index (κ3) is 2.17. The Labute approximate surface area is 124 Å². The number of aromatic nitrogens is 4. The average Bonchev–Trinajstić information content (AvgIpc) is 3.03. The van der Waals surface area contributed by atoms with E-state index in [-0.39, 0.29) is 5.82 Å². The van der Waals surface area contributed by atoms with Crippen LogP contribution in [0.2, 0.25) is 0 Å². The third-order valence-corrected chi connectivity index (χ3v) is 3.51. The first kappa shape index (κ1) is 14.6. The molecule has 0 bridgehead atoms. The Balaban J connectivity index is 1.94. The molecule has 2 aromatic heterocycles. The minimum atomic E-state index is -1.35. The first-order valence-electron chi connectivity index (χ1n) is 6.77. The van der Waals surface area contributed by atoms with Crippen molar-refractivity contribution in [3.8, 4) is 0 Å². The second-order valence-electron chi connectivity index (χ2n) is 4.91. The van der Waals surface area contributed by atoms with Crippen LogP contribution in [0.1, 0.15) is 13.2 Å². The van der Waals surface area contributed by atoms with E-state index in [0.29, 0.717) is 17.7 Å². The highest BCUT2D eigenvalue weighted by Crippen LogP contribution is 2.31. The Morgan fingerprint density at radius 3 is 2.91 bits per heavy atom. The van der Waals surface area contributed by atoms with E-state index < -0.39 is 30.4 Å². The fourth-order valence-electron chi connectivity index (χ4n) is 2.44. The number of aliphatic hydroxyl groups excluding tert-OH is 2. The number of likely N-dealkylation sites (N-methyl/N-ethyl adjacent to an activating group) is 1. The SMILES string of the molecule is CCNC(=O)[C@@H]1O[C@H](n2cnc3c(N)ncnc32)C(O)[C@@H]1O. The van der Waals surface area contributed by atoms with Gasteiger partial charge in [0.25, 0.3) is 5.91 Å². The number of carbonyl (C=O) groups is 1. The van der Waals surface area contributed by atoms with Crippen LogP contribution in [0.5, 0.6) is 0 Å². The molecule has 0 aliphatic carbocycles. The highest BCUT2D eigenvalue weighted by molar-refractivity contribution is 5.82. The summed E-state index contributed by atoms with van der Waals surface area (Å²) in [5, 5.41) is 22.7. The van der Waals surface area contributed by atoms with Crippen molar-refractivity contribution in [1.29, 1.82) is 0 Å². The van der Waals surface area contributed by atoms with Gasteiger partial charge < -0.3 is 26.0 Å². The molecule has 1 unspecified atom stereocenters. The van der Waals surface area contributed by atoms with Crippen molar-refractivity contribution in [2.45, 2.75) is 31.5 Å². The summed E-state index contributed by atoms with van der Waals surface area (Å²) in [6.45, 7) is 2.14. The number of nitrogens with zero attached hydrogens (tertiary/aromatic N) is 4. The van der Waals surface area contributed by atoms with Crippen LogP contribution in [0.4, 0.5) is 5.82 Å². The Hall–Kier alpha value is -2.30. The van der Waals surface area contributed by atoms with E-state index in [1.807, 2.05) is 0 Å². The Morgan fingerprint density at radius 1 is 1.41 bits per heavy atom. The second-order valence-corrected chi connectivity index (χ2v) is 4.91. The Kier molecular flexibility index (Phi) is 3.64. The van der Waals surface area contributed by atoms with E-state index in [1.165, 1.54) is 17.2 Å². The maximum Gasteiger partial charge on any atom is 0.252 e. The van der Waals surface area contributed by atoms with E-state index in [1.54, 1.807) is 6.92 Å². The molecule has 4 atom stereocenters. The van der Waals surface area contributed by atoms with Crippen LogP contribution in [-0.4, -0.2) is 60.5 Å². The summed E-state index contributed by atoms with van der Waals surface area (Å²) in [7, 11) is 0. The number of imidazole rings is 1. The van der Waals surface area contributed by atoms with Crippen LogP contribution >= 0.6 is 0 Å². The van der Waals surface area contributed by atoms with Gasteiger partial charge in [-0.25, -0.2) is 15.0 Å². The molecule has 118 valence electrons. The lowest BCUT2D eigenvalue weighted by Gasteiger charge is -2.16. The molecule has 1 amide bonds. The molecule has 3 heterocycles. The lowest BCUT2D eigenvalue weighted by molar-refractivity contribution is -0.137. The normalized spacial score (nSPS) is 28.1. The van der Waals surface area contributed by atoms with Crippen LogP contribution < -0.4 is 11.1 Å². The molecule has 0 aromatic carbocycles. The summed E-state index contributed by atoms with van der Waals surface area (Å²) in [5.74, 6) is -0.299. The zero-order valence-corrected chi connectivity index (χ0v) is 11.7. The van der Waals surface area contributed by atoms with Crippen LogP contribution in [0.15, 0.2) is 12.7 Å². The summed E-state index contributed by atoms with van der Waals surface area (Å²) in [6, 6.07) is 0. The zero-order chi connectivity index (χ0) is 15.9. The number of anilines is 1. The van der Waals surface area contributed by atoms with Crippen LogP contribution in [0.25, 0.3) is 11.2 Å². The van der Waals surface area contributed by atoms with Crippen LogP contribution in [-0.2, 0) is 9.53 Å². The van der Waals surface area contributed by atoms with Gasteiger partial charge in [0.1, 0.15) is 24.1 Å². The molecule has 22 heavy (non-hydrogen) atoms. The predicted octanol–water partition coefficient (Wildman–Crippen LogP) is -1.84. The molecule has 2 aromatic rings.